The summed E-state index contributed by atoms with van der Waals surface area (Å²) in [5.41, 5.74) is 0.905. The molecule has 1 aliphatic rings. The summed E-state index contributed by atoms with van der Waals surface area (Å²) < 4.78 is 5.24. The van der Waals surface area contributed by atoms with Crippen molar-refractivity contribution in [2.75, 3.05) is 6.54 Å². The Labute approximate surface area is 132 Å². The molecule has 0 saturated heterocycles. The molecule has 7 heteroatoms. The largest absolute Gasteiger partial charge is 0.338 e. The normalized spacial score (nSPS) is 13.9. The molecule has 0 unspecified atom stereocenters. The Morgan fingerprint density at radius 2 is 2.05 bits per heavy atom. The molecule has 0 bridgehead atoms. The minimum atomic E-state index is 0. The van der Waals surface area contributed by atoms with E-state index in [1.54, 1.807) is 11.8 Å². The fourth-order valence-corrected chi connectivity index (χ4v) is 2.81. The molecule has 0 amide bonds. The van der Waals surface area contributed by atoms with Crippen LogP contribution in [-0.4, -0.2) is 21.7 Å². The van der Waals surface area contributed by atoms with E-state index < -0.39 is 0 Å². The Morgan fingerprint density at radius 3 is 2.75 bits per heavy atom. The SMILES string of the molecule is Cl.Clc1ccc(-c2noc(CSC3=NCCC3)n2)cc1. The molecular weight excluding hydrogens is 317 g/mol. The van der Waals surface area contributed by atoms with E-state index in [1.807, 2.05) is 24.3 Å². The number of hydrogen-bond donors (Lipinski definition) is 0. The summed E-state index contributed by atoms with van der Waals surface area (Å²) in [6, 6.07) is 7.39. The van der Waals surface area contributed by atoms with Crippen molar-refractivity contribution in [2.45, 2.75) is 18.6 Å². The van der Waals surface area contributed by atoms with Crippen LogP contribution in [0.2, 0.25) is 5.02 Å². The van der Waals surface area contributed by atoms with Gasteiger partial charge < -0.3 is 4.52 Å². The van der Waals surface area contributed by atoms with Gasteiger partial charge in [-0.25, -0.2) is 0 Å². The van der Waals surface area contributed by atoms with Crippen LogP contribution in [0.1, 0.15) is 18.7 Å². The summed E-state index contributed by atoms with van der Waals surface area (Å²) in [4.78, 5) is 8.77. The summed E-state index contributed by atoms with van der Waals surface area (Å²) in [7, 11) is 0. The van der Waals surface area contributed by atoms with Gasteiger partial charge in [0.2, 0.25) is 11.7 Å². The fraction of sp³-hybridized carbons (Fsp3) is 0.308. The first-order valence-electron chi connectivity index (χ1n) is 6.06. The molecule has 1 aliphatic heterocycles. The van der Waals surface area contributed by atoms with Crippen molar-refractivity contribution in [3.8, 4) is 11.4 Å². The lowest BCUT2D eigenvalue weighted by molar-refractivity contribution is 0.392. The topological polar surface area (TPSA) is 51.3 Å². The van der Waals surface area contributed by atoms with Crippen LogP contribution in [0.3, 0.4) is 0 Å². The van der Waals surface area contributed by atoms with Gasteiger partial charge in [-0.3, -0.25) is 4.99 Å². The minimum absolute atomic E-state index is 0. The molecule has 3 rings (SSSR count). The van der Waals surface area contributed by atoms with E-state index in [2.05, 4.69) is 15.1 Å². The Morgan fingerprint density at radius 1 is 1.25 bits per heavy atom. The average molecular weight is 330 g/mol. The highest BCUT2D eigenvalue weighted by atomic mass is 35.5. The lowest BCUT2D eigenvalue weighted by atomic mass is 10.2. The van der Waals surface area contributed by atoms with E-state index in [1.165, 1.54) is 5.04 Å². The zero-order chi connectivity index (χ0) is 13.1. The maximum absolute atomic E-state index is 5.85. The third kappa shape index (κ3) is 3.75. The zero-order valence-electron chi connectivity index (χ0n) is 10.6. The lowest BCUT2D eigenvalue weighted by Crippen LogP contribution is -1.88. The first kappa shape index (κ1) is 15.4. The summed E-state index contributed by atoms with van der Waals surface area (Å²) in [5, 5.41) is 5.86. The third-order valence-corrected chi connectivity index (χ3v) is 4.08. The highest BCUT2D eigenvalue weighted by Crippen LogP contribution is 2.22. The molecule has 0 fully saturated rings. The van der Waals surface area contributed by atoms with Crippen molar-refractivity contribution < 1.29 is 4.52 Å². The van der Waals surface area contributed by atoms with Crippen molar-refractivity contribution in [3.63, 3.8) is 0 Å². The zero-order valence-corrected chi connectivity index (χ0v) is 13.0. The maximum Gasteiger partial charge on any atom is 0.237 e. The number of aromatic nitrogens is 2. The Kier molecular flexibility index (Phi) is 5.46. The van der Waals surface area contributed by atoms with Crippen LogP contribution in [0.25, 0.3) is 11.4 Å². The van der Waals surface area contributed by atoms with Crippen LogP contribution in [0.15, 0.2) is 33.8 Å². The van der Waals surface area contributed by atoms with Crippen LogP contribution in [-0.2, 0) is 5.75 Å². The van der Waals surface area contributed by atoms with Gasteiger partial charge in [-0.05, 0) is 37.1 Å². The maximum atomic E-state index is 5.85. The van der Waals surface area contributed by atoms with Gasteiger partial charge in [-0.1, -0.05) is 16.8 Å². The standard InChI is InChI=1S/C13H12ClN3OS.ClH/c14-10-5-3-9(4-6-10)13-16-11(18-17-13)8-19-12-2-1-7-15-12;/h3-6H,1-2,7-8H2;1H. The molecule has 0 atom stereocenters. The van der Waals surface area contributed by atoms with Gasteiger partial charge in [0.1, 0.15) is 0 Å². The van der Waals surface area contributed by atoms with Crippen molar-refractivity contribution >= 4 is 40.8 Å². The number of thioether (sulfide) groups is 1. The van der Waals surface area contributed by atoms with E-state index in [0.717, 1.165) is 24.9 Å². The number of aliphatic imine (C=N–C) groups is 1. The molecular formula is C13H13Cl2N3OS. The third-order valence-electron chi connectivity index (χ3n) is 2.77. The van der Waals surface area contributed by atoms with E-state index >= 15 is 0 Å². The second kappa shape index (κ2) is 7.11. The number of hydrogen-bond acceptors (Lipinski definition) is 5. The quantitative estimate of drug-likeness (QED) is 0.845. The smallest absolute Gasteiger partial charge is 0.237 e. The number of benzene rings is 1. The molecule has 2 aromatic rings. The van der Waals surface area contributed by atoms with E-state index in [9.17, 15) is 0 Å². The first-order chi connectivity index (χ1) is 9.31. The molecule has 0 spiro atoms. The molecule has 0 saturated carbocycles. The predicted molar refractivity (Wildman–Crippen MR) is 84.8 cm³/mol. The second-order valence-electron chi connectivity index (χ2n) is 4.19. The average Bonchev–Trinajstić information content (AvgIpc) is 3.09. The van der Waals surface area contributed by atoms with Gasteiger partial charge in [0.25, 0.3) is 0 Å². The molecule has 106 valence electrons. The van der Waals surface area contributed by atoms with E-state index in [4.69, 9.17) is 16.1 Å². The van der Waals surface area contributed by atoms with Crippen LogP contribution >= 0.6 is 35.8 Å². The Hall–Kier alpha value is -1.04. The first-order valence-corrected chi connectivity index (χ1v) is 7.42. The van der Waals surface area contributed by atoms with E-state index in [0.29, 0.717) is 22.5 Å². The Bertz CT molecular complexity index is 598. The summed E-state index contributed by atoms with van der Waals surface area (Å²) in [6.45, 7) is 0.947. The van der Waals surface area contributed by atoms with Gasteiger partial charge in [0.15, 0.2) is 0 Å². The number of halogens is 2. The predicted octanol–water partition coefficient (Wildman–Crippen LogP) is 4.24. The summed E-state index contributed by atoms with van der Waals surface area (Å²) in [6.07, 6.45) is 2.23. The summed E-state index contributed by atoms with van der Waals surface area (Å²) >= 11 is 7.53. The van der Waals surface area contributed by atoms with Crippen LogP contribution < -0.4 is 0 Å². The van der Waals surface area contributed by atoms with Gasteiger partial charge in [-0.2, -0.15) is 4.98 Å². The van der Waals surface area contributed by atoms with E-state index in [-0.39, 0.29) is 12.4 Å². The summed E-state index contributed by atoms with van der Waals surface area (Å²) in [5.74, 6) is 1.91. The van der Waals surface area contributed by atoms with Gasteiger partial charge in [-0.15, -0.1) is 24.2 Å². The number of nitrogens with zero attached hydrogens (tertiary/aromatic N) is 3. The van der Waals surface area contributed by atoms with Crippen LogP contribution in [0.4, 0.5) is 0 Å². The van der Waals surface area contributed by atoms with Crippen molar-refractivity contribution in [3.05, 3.63) is 35.2 Å². The number of rotatable bonds is 3. The van der Waals surface area contributed by atoms with Gasteiger partial charge in [0, 0.05) is 17.1 Å². The molecule has 1 aromatic heterocycles. The highest BCUT2D eigenvalue weighted by Gasteiger charge is 2.12. The monoisotopic (exact) mass is 329 g/mol. The molecule has 0 N–H and O–H groups in total. The lowest BCUT2D eigenvalue weighted by Gasteiger charge is -1.95. The molecule has 1 aromatic carbocycles. The van der Waals surface area contributed by atoms with Crippen LogP contribution in [0, 0.1) is 0 Å². The van der Waals surface area contributed by atoms with Crippen molar-refractivity contribution in [2.24, 2.45) is 4.99 Å². The van der Waals surface area contributed by atoms with Crippen LogP contribution in [0.5, 0.6) is 0 Å². The molecule has 4 nitrogen and oxygen atoms in total. The van der Waals surface area contributed by atoms with Crippen molar-refractivity contribution in [1.82, 2.24) is 10.1 Å². The molecule has 0 radical (unpaired) electrons. The molecule has 20 heavy (non-hydrogen) atoms. The highest BCUT2D eigenvalue weighted by molar-refractivity contribution is 8.13. The van der Waals surface area contributed by atoms with Gasteiger partial charge in [0.05, 0.1) is 10.8 Å². The molecule has 2 heterocycles. The molecule has 0 aliphatic carbocycles. The Balaban J connectivity index is 0.00000147. The second-order valence-corrected chi connectivity index (χ2v) is 5.67. The fourth-order valence-electron chi connectivity index (χ4n) is 1.81. The van der Waals surface area contributed by atoms with Crippen molar-refractivity contribution in [1.29, 1.82) is 0 Å². The minimum Gasteiger partial charge on any atom is -0.338 e. The van der Waals surface area contributed by atoms with Gasteiger partial charge >= 0.3 is 0 Å².